The number of hydrogen-bond donors (Lipinski definition) is 2. The summed E-state index contributed by atoms with van der Waals surface area (Å²) in [7, 11) is 3.47. The average molecular weight is 384 g/mol. The molecule has 4 rings (SSSR count). The van der Waals surface area contributed by atoms with Crippen molar-refractivity contribution in [2.24, 2.45) is 11.8 Å². The molecule has 2 aliphatic rings. The fourth-order valence-corrected chi connectivity index (χ4v) is 3.91. The van der Waals surface area contributed by atoms with Gasteiger partial charge in [0.1, 0.15) is 12.4 Å². The van der Waals surface area contributed by atoms with Gasteiger partial charge in [0, 0.05) is 30.6 Å². The molecule has 7 nitrogen and oxygen atoms in total. The zero-order chi connectivity index (χ0) is 19.5. The molecule has 2 aliphatic carbocycles. The van der Waals surface area contributed by atoms with Gasteiger partial charge in [-0.25, -0.2) is 4.98 Å². The summed E-state index contributed by atoms with van der Waals surface area (Å²) in [5.41, 5.74) is 1.72. The topological polar surface area (TPSA) is 77.5 Å². The summed E-state index contributed by atoms with van der Waals surface area (Å²) >= 11 is 0. The third-order valence-corrected chi connectivity index (χ3v) is 5.42. The minimum Gasteiger partial charge on any atom is -0.493 e. The van der Waals surface area contributed by atoms with Gasteiger partial charge in [-0.05, 0) is 50.2 Å². The Labute approximate surface area is 165 Å². The first-order chi connectivity index (χ1) is 13.6. The zero-order valence-corrected chi connectivity index (χ0v) is 16.7. The molecule has 2 unspecified atom stereocenters. The molecule has 7 heteroatoms. The van der Waals surface area contributed by atoms with E-state index >= 15 is 0 Å². The second kappa shape index (κ2) is 8.22. The standard InChI is InChI=1S/C21H28N4O3/c1-13-8-20(22-2)25-21(23-13)24-16-4-5-18(26-3)19(12-16)28-7-6-27-17-10-14-9-15(14)11-17/h4-5,8,12,14-15,17H,6-7,9-11H2,1-3H3,(H2,22,23,24,25). The molecule has 0 saturated heterocycles. The van der Waals surface area contributed by atoms with Crippen LogP contribution in [0.4, 0.5) is 17.5 Å². The summed E-state index contributed by atoms with van der Waals surface area (Å²) in [5.74, 6) is 4.52. The predicted molar refractivity (Wildman–Crippen MR) is 109 cm³/mol. The molecular weight excluding hydrogens is 356 g/mol. The Morgan fingerprint density at radius 1 is 1.04 bits per heavy atom. The number of nitrogens with zero attached hydrogens (tertiary/aromatic N) is 2. The van der Waals surface area contributed by atoms with Crippen LogP contribution in [0.5, 0.6) is 11.5 Å². The number of ether oxygens (including phenoxy) is 3. The second-order valence-electron chi connectivity index (χ2n) is 7.53. The van der Waals surface area contributed by atoms with Gasteiger partial charge in [-0.15, -0.1) is 0 Å². The van der Waals surface area contributed by atoms with Crippen LogP contribution in [-0.4, -0.2) is 43.4 Å². The van der Waals surface area contributed by atoms with E-state index in [1.165, 1.54) is 19.3 Å². The van der Waals surface area contributed by atoms with Crippen LogP contribution in [0.3, 0.4) is 0 Å². The summed E-state index contributed by atoms with van der Waals surface area (Å²) in [6.45, 7) is 3.03. The Kier molecular flexibility index (Phi) is 5.52. The lowest BCUT2D eigenvalue weighted by atomic mass is 10.2. The highest BCUT2D eigenvalue weighted by Crippen LogP contribution is 2.52. The Balaban J connectivity index is 1.35. The third kappa shape index (κ3) is 4.47. The molecule has 0 bridgehead atoms. The first-order valence-corrected chi connectivity index (χ1v) is 9.87. The van der Waals surface area contributed by atoms with Gasteiger partial charge in [0.25, 0.3) is 0 Å². The molecule has 28 heavy (non-hydrogen) atoms. The summed E-state index contributed by atoms with van der Waals surface area (Å²) in [4.78, 5) is 8.85. The van der Waals surface area contributed by atoms with E-state index in [4.69, 9.17) is 14.2 Å². The number of anilines is 3. The minimum atomic E-state index is 0.419. The van der Waals surface area contributed by atoms with Crippen molar-refractivity contribution < 1.29 is 14.2 Å². The summed E-state index contributed by atoms with van der Waals surface area (Å²) in [5, 5.41) is 6.26. The molecule has 0 aliphatic heterocycles. The maximum atomic E-state index is 5.96. The van der Waals surface area contributed by atoms with Crippen molar-refractivity contribution in [1.29, 1.82) is 0 Å². The molecule has 2 fully saturated rings. The van der Waals surface area contributed by atoms with Gasteiger partial charge >= 0.3 is 0 Å². The highest BCUT2D eigenvalue weighted by molar-refractivity contribution is 5.60. The predicted octanol–water partition coefficient (Wildman–Crippen LogP) is 3.77. The average Bonchev–Trinajstić information content (AvgIpc) is 3.30. The monoisotopic (exact) mass is 384 g/mol. The van der Waals surface area contributed by atoms with Gasteiger partial charge in [0.15, 0.2) is 11.5 Å². The molecule has 0 amide bonds. The Bertz CT molecular complexity index is 819. The Morgan fingerprint density at radius 3 is 2.61 bits per heavy atom. The van der Waals surface area contributed by atoms with Crippen LogP contribution in [0.2, 0.25) is 0 Å². The van der Waals surface area contributed by atoms with Crippen molar-refractivity contribution in [1.82, 2.24) is 9.97 Å². The highest BCUT2D eigenvalue weighted by Gasteiger charge is 2.46. The van der Waals surface area contributed by atoms with Crippen molar-refractivity contribution in [3.05, 3.63) is 30.0 Å². The van der Waals surface area contributed by atoms with Gasteiger partial charge in [-0.2, -0.15) is 4.98 Å². The number of nitrogens with one attached hydrogen (secondary N) is 2. The third-order valence-electron chi connectivity index (χ3n) is 5.42. The van der Waals surface area contributed by atoms with Gasteiger partial charge in [-0.1, -0.05) is 0 Å². The Hall–Kier alpha value is -2.54. The number of rotatable bonds is 9. The molecule has 2 atom stereocenters. The van der Waals surface area contributed by atoms with E-state index in [1.54, 1.807) is 7.11 Å². The lowest BCUT2D eigenvalue weighted by molar-refractivity contribution is 0.0307. The Morgan fingerprint density at radius 2 is 1.86 bits per heavy atom. The van der Waals surface area contributed by atoms with Gasteiger partial charge < -0.3 is 24.8 Å². The molecule has 2 saturated carbocycles. The smallest absolute Gasteiger partial charge is 0.229 e. The number of aryl methyl sites for hydroxylation is 1. The maximum Gasteiger partial charge on any atom is 0.229 e. The summed E-state index contributed by atoms with van der Waals surface area (Å²) in [6, 6.07) is 7.57. The second-order valence-corrected chi connectivity index (χ2v) is 7.53. The largest absolute Gasteiger partial charge is 0.493 e. The highest BCUT2D eigenvalue weighted by atomic mass is 16.5. The van der Waals surface area contributed by atoms with Crippen LogP contribution in [-0.2, 0) is 4.74 Å². The van der Waals surface area contributed by atoms with Gasteiger partial charge in [-0.3, -0.25) is 0 Å². The number of benzene rings is 1. The number of methoxy groups -OCH3 is 1. The van der Waals surface area contributed by atoms with Crippen LogP contribution in [0.15, 0.2) is 24.3 Å². The number of hydrogen-bond acceptors (Lipinski definition) is 7. The lowest BCUT2D eigenvalue weighted by Crippen LogP contribution is -2.15. The molecule has 1 aromatic heterocycles. The van der Waals surface area contributed by atoms with Crippen molar-refractivity contribution in [2.45, 2.75) is 32.3 Å². The van der Waals surface area contributed by atoms with E-state index in [0.29, 0.717) is 36.8 Å². The fourth-order valence-electron chi connectivity index (χ4n) is 3.91. The fraction of sp³-hybridized carbons (Fsp3) is 0.524. The molecule has 1 aromatic carbocycles. The summed E-state index contributed by atoms with van der Waals surface area (Å²) < 4.78 is 17.3. The molecule has 1 heterocycles. The molecule has 0 spiro atoms. The van der Waals surface area contributed by atoms with Crippen molar-refractivity contribution >= 4 is 17.5 Å². The van der Waals surface area contributed by atoms with Crippen LogP contribution in [0, 0.1) is 18.8 Å². The minimum absolute atomic E-state index is 0.419. The SMILES string of the molecule is CNc1cc(C)nc(Nc2ccc(OC)c(OCCOC3CC4CC4C3)c2)n1. The molecule has 2 N–H and O–H groups in total. The lowest BCUT2D eigenvalue weighted by Gasteiger charge is -2.16. The van der Waals surface area contributed by atoms with E-state index in [0.717, 1.165) is 29.0 Å². The molecule has 0 radical (unpaired) electrons. The quantitative estimate of drug-likeness (QED) is 0.637. The summed E-state index contributed by atoms with van der Waals surface area (Å²) in [6.07, 6.45) is 4.27. The van der Waals surface area contributed by atoms with Gasteiger partial charge in [0.2, 0.25) is 5.95 Å². The van der Waals surface area contributed by atoms with Crippen LogP contribution in [0.25, 0.3) is 0 Å². The zero-order valence-electron chi connectivity index (χ0n) is 16.7. The first kappa shape index (κ1) is 18.8. The number of fused-ring (bicyclic) bond motifs is 1. The van der Waals surface area contributed by atoms with E-state index in [9.17, 15) is 0 Å². The van der Waals surface area contributed by atoms with E-state index in [1.807, 2.05) is 38.2 Å². The van der Waals surface area contributed by atoms with Crippen molar-refractivity contribution in [3.63, 3.8) is 0 Å². The van der Waals surface area contributed by atoms with E-state index in [-0.39, 0.29) is 0 Å². The first-order valence-electron chi connectivity index (χ1n) is 9.87. The van der Waals surface area contributed by atoms with Crippen LogP contribution >= 0.6 is 0 Å². The normalized spacial score (nSPS) is 22.5. The van der Waals surface area contributed by atoms with E-state index in [2.05, 4.69) is 20.6 Å². The molecule has 150 valence electrons. The maximum absolute atomic E-state index is 5.96. The number of aromatic nitrogens is 2. The van der Waals surface area contributed by atoms with Crippen LogP contribution in [0.1, 0.15) is 25.0 Å². The molecule has 2 aromatic rings. The van der Waals surface area contributed by atoms with Crippen molar-refractivity contribution in [2.75, 3.05) is 38.0 Å². The van der Waals surface area contributed by atoms with Gasteiger partial charge in [0.05, 0.1) is 19.8 Å². The van der Waals surface area contributed by atoms with E-state index < -0.39 is 0 Å². The van der Waals surface area contributed by atoms with Crippen molar-refractivity contribution in [3.8, 4) is 11.5 Å². The molecular formula is C21H28N4O3. The van der Waals surface area contributed by atoms with Crippen LogP contribution < -0.4 is 20.1 Å².